The molecule has 0 aromatic carbocycles. The van der Waals surface area contributed by atoms with Crippen molar-refractivity contribution < 1.29 is 19.1 Å². The highest BCUT2D eigenvalue weighted by Gasteiger charge is 2.36. The summed E-state index contributed by atoms with van der Waals surface area (Å²) in [5, 5.41) is 0. The van der Waals surface area contributed by atoms with Gasteiger partial charge in [0.15, 0.2) is 0 Å². The summed E-state index contributed by atoms with van der Waals surface area (Å²) in [6.45, 7) is 0. The number of methoxy groups -OCH3 is 1. The van der Waals surface area contributed by atoms with Crippen LogP contribution in [0.4, 0.5) is 0 Å². The van der Waals surface area contributed by atoms with E-state index in [4.69, 9.17) is 5.53 Å². The number of ether oxygens (including phenoxy) is 1. The number of hydrogen-bond acceptors (Lipinski definition) is 3. The normalized spacial score (nSPS) is 25.1. The van der Waals surface area contributed by atoms with Gasteiger partial charge < -0.3 is 10.3 Å². The minimum Gasteiger partial charge on any atom is -0.469 e. The van der Waals surface area contributed by atoms with Crippen LogP contribution in [0, 0.1) is 11.8 Å². The lowest BCUT2D eigenvalue weighted by atomic mass is 9.77. The molecule has 5 nitrogen and oxygen atoms in total. The maximum Gasteiger partial charge on any atom is 0.323 e. The Morgan fingerprint density at radius 2 is 1.93 bits per heavy atom. The van der Waals surface area contributed by atoms with E-state index in [9.17, 15) is 9.59 Å². The van der Waals surface area contributed by atoms with Crippen LogP contribution in [0.15, 0.2) is 0 Å². The summed E-state index contributed by atoms with van der Waals surface area (Å²) in [7, 11) is 1.32. The molecule has 1 aliphatic carbocycles. The van der Waals surface area contributed by atoms with E-state index in [1.807, 2.05) is 0 Å². The quantitative estimate of drug-likeness (QED) is 0.299. The molecule has 0 N–H and O–H groups in total. The van der Waals surface area contributed by atoms with Gasteiger partial charge in [0.2, 0.25) is 5.78 Å². The highest BCUT2D eigenvalue weighted by molar-refractivity contribution is 6.26. The van der Waals surface area contributed by atoms with Crippen LogP contribution in [0.25, 0.3) is 5.53 Å². The van der Waals surface area contributed by atoms with Crippen LogP contribution >= 0.6 is 0 Å². The van der Waals surface area contributed by atoms with E-state index in [0.29, 0.717) is 12.8 Å². The topological polar surface area (TPSA) is 79.8 Å². The maximum absolute atomic E-state index is 11.5. The van der Waals surface area contributed by atoms with E-state index in [1.54, 1.807) is 0 Å². The van der Waals surface area contributed by atoms with Gasteiger partial charge in [-0.05, 0) is 12.8 Å². The fraction of sp³-hybridized carbons (Fsp3) is 0.700. The molecule has 0 radical (unpaired) electrons. The third-order valence-corrected chi connectivity index (χ3v) is 2.82. The minimum atomic E-state index is -0.387. The molecular weight excluding hydrogens is 196 g/mol. The Labute approximate surface area is 88.0 Å². The Morgan fingerprint density at radius 1 is 1.33 bits per heavy atom. The summed E-state index contributed by atoms with van der Waals surface area (Å²) < 4.78 is 4.65. The second kappa shape index (κ2) is 5.41. The molecule has 1 saturated carbocycles. The Hall–Kier alpha value is -1.48. The Bertz CT molecular complexity index is 308. The maximum atomic E-state index is 11.5. The standard InChI is InChI=1S/C10H14N2O3/c1-15-10(14)8-5-3-2-4-7(8)9(13)6-12-11/h6-8H,2-5H2,1H3/t7-,8-/m1/s1. The summed E-state index contributed by atoms with van der Waals surface area (Å²) in [5.74, 6) is -1.41. The molecule has 15 heavy (non-hydrogen) atoms. The molecule has 0 saturated heterocycles. The van der Waals surface area contributed by atoms with Crippen LogP contribution in [0.2, 0.25) is 0 Å². The van der Waals surface area contributed by atoms with Gasteiger partial charge in [-0.15, -0.1) is 0 Å². The van der Waals surface area contributed by atoms with Gasteiger partial charge in [0.1, 0.15) is 0 Å². The van der Waals surface area contributed by atoms with Gasteiger partial charge in [-0.2, -0.15) is 4.79 Å². The van der Waals surface area contributed by atoms with Crippen molar-refractivity contribution in [2.75, 3.05) is 7.11 Å². The van der Waals surface area contributed by atoms with Crippen molar-refractivity contribution in [1.82, 2.24) is 0 Å². The van der Waals surface area contributed by atoms with Crippen molar-refractivity contribution in [2.24, 2.45) is 11.8 Å². The fourth-order valence-electron chi connectivity index (χ4n) is 2.06. The predicted octanol–water partition coefficient (Wildman–Crippen LogP) is 0.835. The predicted molar refractivity (Wildman–Crippen MR) is 52.2 cm³/mol. The average Bonchev–Trinajstić information content (AvgIpc) is 2.28. The molecule has 5 heteroatoms. The lowest BCUT2D eigenvalue weighted by Crippen LogP contribution is -2.34. The number of ketones is 1. The van der Waals surface area contributed by atoms with Crippen LogP contribution in [0.5, 0.6) is 0 Å². The number of carbonyl (C=O) groups is 2. The van der Waals surface area contributed by atoms with E-state index in [1.165, 1.54) is 7.11 Å². The highest BCUT2D eigenvalue weighted by atomic mass is 16.5. The molecular formula is C10H14N2O3. The van der Waals surface area contributed by atoms with Crippen LogP contribution < -0.4 is 0 Å². The van der Waals surface area contributed by atoms with Crippen LogP contribution in [-0.2, 0) is 14.3 Å². The number of Topliss-reactive ketones (excluding diaryl/α,β-unsaturated/α-hetero) is 1. The first-order valence-corrected chi connectivity index (χ1v) is 4.99. The minimum absolute atomic E-state index is 0.299. The zero-order chi connectivity index (χ0) is 11.3. The molecule has 0 aromatic heterocycles. The smallest absolute Gasteiger partial charge is 0.323 e. The first kappa shape index (κ1) is 11.6. The molecule has 2 atom stereocenters. The van der Waals surface area contributed by atoms with Gasteiger partial charge in [0.25, 0.3) is 0 Å². The molecule has 0 aromatic rings. The monoisotopic (exact) mass is 210 g/mol. The van der Waals surface area contributed by atoms with Gasteiger partial charge in [-0.1, -0.05) is 12.8 Å². The van der Waals surface area contributed by atoms with Gasteiger partial charge >= 0.3 is 12.2 Å². The summed E-state index contributed by atoms with van der Waals surface area (Å²) >= 11 is 0. The first-order chi connectivity index (χ1) is 7.20. The number of nitrogens with zero attached hydrogens (tertiary/aromatic N) is 2. The molecule has 82 valence electrons. The van der Waals surface area contributed by atoms with E-state index < -0.39 is 0 Å². The SMILES string of the molecule is COC(=O)[C@@H]1CCCC[C@H]1C(=O)C=[N+]=[N-]. The van der Waals surface area contributed by atoms with Gasteiger partial charge in [-0.25, -0.2) is 0 Å². The number of rotatable bonds is 3. The van der Waals surface area contributed by atoms with Crippen molar-refractivity contribution >= 4 is 18.0 Å². The second-order valence-electron chi connectivity index (χ2n) is 3.67. The molecule has 0 unspecified atom stereocenters. The Balaban J connectivity index is 2.77. The molecule has 0 spiro atoms. The van der Waals surface area contributed by atoms with Crippen molar-refractivity contribution in [1.29, 1.82) is 0 Å². The van der Waals surface area contributed by atoms with Crippen molar-refractivity contribution in [3.8, 4) is 0 Å². The summed E-state index contributed by atoms with van der Waals surface area (Å²) in [5.41, 5.74) is 8.28. The zero-order valence-electron chi connectivity index (χ0n) is 8.68. The second-order valence-corrected chi connectivity index (χ2v) is 3.67. The molecule has 0 aliphatic heterocycles. The molecule has 1 aliphatic rings. The average molecular weight is 210 g/mol. The highest BCUT2D eigenvalue weighted by Crippen LogP contribution is 2.31. The molecule has 1 fully saturated rings. The lowest BCUT2D eigenvalue weighted by molar-refractivity contribution is -0.150. The van der Waals surface area contributed by atoms with Crippen LogP contribution in [0.3, 0.4) is 0 Å². The van der Waals surface area contributed by atoms with E-state index in [2.05, 4.69) is 9.53 Å². The lowest BCUT2D eigenvalue weighted by Gasteiger charge is -2.26. The zero-order valence-corrected chi connectivity index (χ0v) is 8.68. The number of esters is 1. The molecule has 1 rings (SSSR count). The van der Waals surface area contributed by atoms with Crippen molar-refractivity contribution in [3.05, 3.63) is 5.53 Å². The van der Waals surface area contributed by atoms with E-state index in [0.717, 1.165) is 19.1 Å². The summed E-state index contributed by atoms with van der Waals surface area (Å²) in [6, 6.07) is 0. The van der Waals surface area contributed by atoms with E-state index >= 15 is 0 Å². The Morgan fingerprint density at radius 3 is 2.47 bits per heavy atom. The third-order valence-electron chi connectivity index (χ3n) is 2.82. The van der Waals surface area contributed by atoms with Crippen molar-refractivity contribution in [2.45, 2.75) is 25.7 Å². The molecule has 0 bridgehead atoms. The van der Waals surface area contributed by atoms with Crippen LogP contribution in [-0.4, -0.2) is 29.9 Å². The largest absolute Gasteiger partial charge is 0.469 e. The molecule has 0 amide bonds. The van der Waals surface area contributed by atoms with Gasteiger partial charge in [-0.3, -0.25) is 9.59 Å². The third kappa shape index (κ3) is 2.73. The van der Waals surface area contributed by atoms with E-state index in [-0.39, 0.29) is 23.6 Å². The number of hydrogen-bond donors (Lipinski definition) is 0. The first-order valence-electron chi connectivity index (χ1n) is 4.99. The Kier molecular flexibility index (Phi) is 4.18. The fourth-order valence-corrected chi connectivity index (χ4v) is 2.06. The van der Waals surface area contributed by atoms with Gasteiger partial charge in [0, 0.05) is 5.92 Å². The summed E-state index contributed by atoms with van der Waals surface area (Å²) in [6.07, 6.45) is 4.04. The molecule has 0 heterocycles. The van der Waals surface area contributed by atoms with Crippen LogP contribution in [0.1, 0.15) is 25.7 Å². The van der Waals surface area contributed by atoms with Gasteiger partial charge in [0.05, 0.1) is 13.0 Å². The summed E-state index contributed by atoms with van der Waals surface area (Å²) in [4.78, 5) is 25.6. The number of carbonyl (C=O) groups excluding carboxylic acids is 2. The van der Waals surface area contributed by atoms with Crippen molar-refractivity contribution in [3.63, 3.8) is 0 Å².